The second-order valence-electron chi connectivity index (χ2n) is 14.1. The molecule has 1 aromatic heterocycles. The maximum Gasteiger partial charge on any atom is 0.399 e. The first-order chi connectivity index (χ1) is 24.0. The van der Waals surface area contributed by atoms with Crippen molar-refractivity contribution in [2.45, 2.75) is 64.0 Å². The summed E-state index contributed by atoms with van der Waals surface area (Å²) in [5.41, 5.74) is -3.25. The lowest BCUT2D eigenvalue weighted by atomic mass is 9.84. The Hall–Kier alpha value is -4.00. The van der Waals surface area contributed by atoms with Gasteiger partial charge in [0.2, 0.25) is 11.8 Å². The summed E-state index contributed by atoms with van der Waals surface area (Å²) in [6.45, 7) is 6.88. The molecular formula is C37H40F2N3O7PS. The molecule has 0 saturated carbocycles. The average molecular weight is 740 g/mol. The Bertz CT molecular complexity index is 1990. The van der Waals surface area contributed by atoms with Crippen LogP contribution < -0.4 is 5.32 Å². The number of fused-ring (bicyclic) bond motifs is 2. The van der Waals surface area contributed by atoms with Crippen LogP contribution in [0, 0.1) is 5.41 Å². The second kappa shape index (κ2) is 14.2. The van der Waals surface area contributed by atoms with Crippen LogP contribution in [0.2, 0.25) is 0 Å². The molecule has 10 nitrogen and oxygen atoms in total. The van der Waals surface area contributed by atoms with Crippen molar-refractivity contribution in [3.05, 3.63) is 106 Å². The van der Waals surface area contributed by atoms with E-state index in [1.807, 2.05) is 75.4 Å². The zero-order chi connectivity index (χ0) is 36.7. The van der Waals surface area contributed by atoms with E-state index in [0.29, 0.717) is 37.2 Å². The van der Waals surface area contributed by atoms with Crippen molar-refractivity contribution in [1.82, 2.24) is 15.1 Å². The molecule has 3 aromatic carbocycles. The fraction of sp³-hybridized carbons (Fsp3) is 0.378. The van der Waals surface area contributed by atoms with Gasteiger partial charge < -0.3 is 29.6 Å². The number of carbonyl (C=O) groups is 3. The lowest BCUT2D eigenvalue weighted by Gasteiger charge is -2.42. The van der Waals surface area contributed by atoms with Crippen molar-refractivity contribution >= 4 is 46.7 Å². The van der Waals surface area contributed by atoms with Crippen molar-refractivity contribution in [2.24, 2.45) is 5.41 Å². The summed E-state index contributed by atoms with van der Waals surface area (Å²) in [6.07, 6.45) is 0.622. The topological polar surface area (TPSA) is 136 Å². The van der Waals surface area contributed by atoms with Crippen LogP contribution in [-0.4, -0.2) is 69.1 Å². The molecule has 51 heavy (non-hydrogen) atoms. The summed E-state index contributed by atoms with van der Waals surface area (Å²) in [6, 6.07) is 20.0. The SMILES string of the molecule is CC(C)(C)[C@H](NC(=O)c1cc2cc(C(F)(F)P(=O)(O)O)ccc2s1)C(=O)N1Cc2ccccc2C[C@H]1C(=O)N1CCCOC(c2ccccc2)C1. The lowest BCUT2D eigenvalue weighted by molar-refractivity contribution is -0.150. The van der Waals surface area contributed by atoms with E-state index in [0.717, 1.165) is 40.2 Å². The predicted octanol–water partition coefficient (Wildman–Crippen LogP) is 6.22. The van der Waals surface area contributed by atoms with Crippen molar-refractivity contribution in [2.75, 3.05) is 19.7 Å². The smallest absolute Gasteiger partial charge is 0.372 e. The van der Waals surface area contributed by atoms with Gasteiger partial charge in [-0.15, -0.1) is 11.3 Å². The molecule has 1 saturated heterocycles. The number of nitrogens with one attached hydrogen (secondary N) is 1. The van der Waals surface area contributed by atoms with Gasteiger partial charge in [-0.05, 0) is 52.1 Å². The van der Waals surface area contributed by atoms with E-state index in [1.165, 1.54) is 12.1 Å². The van der Waals surface area contributed by atoms with Gasteiger partial charge in [0.15, 0.2) is 0 Å². The van der Waals surface area contributed by atoms with Gasteiger partial charge in [0, 0.05) is 36.4 Å². The van der Waals surface area contributed by atoms with Crippen LogP contribution in [0.25, 0.3) is 10.1 Å². The first-order valence-corrected chi connectivity index (χ1v) is 19.1. The molecule has 3 amide bonds. The average Bonchev–Trinajstić information content (AvgIpc) is 3.37. The van der Waals surface area contributed by atoms with E-state index < -0.39 is 48.1 Å². The number of amides is 3. The molecule has 1 unspecified atom stereocenters. The van der Waals surface area contributed by atoms with Crippen LogP contribution in [0.15, 0.2) is 78.9 Å². The summed E-state index contributed by atoms with van der Waals surface area (Å²) in [5.74, 6) is -1.25. The fourth-order valence-electron chi connectivity index (χ4n) is 6.61. The summed E-state index contributed by atoms with van der Waals surface area (Å²) >= 11 is 0.999. The number of hydrogen-bond acceptors (Lipinski definition) is 6. The second-order valence-corrected chi connectivity index (χ2v) is 16.8. The molecule has 0 bridgehead atoms. The monoisotopic (exact) mass is 739 g/mol. The molecular weight excluding hydrogens is 699 g/mol. The molecule has 3 atom stereocenters. The summed E-state index contributed by atoms with van der Waals surface area (Å²) in [5, 5.41) is 3.06. The maximum absolute atomic E-state index is 14.7. The maximum atomic E-state index is 14.7. The van der Waals surface area contributed by atoms with E-state index >= 15 is 0 Å². The molecule has 0 aliphatic carbocycles. The number of rotatable bonds is 7. The minimum atomic E-state index is -5.79. The van der Waals surface area contributed by atoms with Gasteiger partial charge in [-0.1, -0.05) is 81.4 Å². The standard InChI is InChI=1S/C37H40F2N3O7PS/c1-36(2,3)32(40-33(43)31-20-26-18-27(14-15-30(26)51-31)37(38,39)50(46,47)48)35(45)42-21-25-13-8-7-12-24(25)19-28(42)34(44)41-16-9-17-49-29(22-41)23-10-5-4-6-11-23/h4-8,10-15,18,20,28-29,32H,9,16-17,19,21-22H2,1-3H3,(H,40,43)(H2,46,47,48)/t28-,29?,32+/m0/s1. The molecule has 3 heterocycles. The molecule has 2 aliphatic heterocycles. The summed E-state index contributed by atoms with van der Waals surface area (Å²) in [7, 11) is -5.79. The van der Waals surface area contributed by atoms with Gasteiger partial charge in [-0.3, -0.25) is 18.9 Å². The zero-order valence-electron chi connectivity index (χ0n) is 28.4. The highest BCUT2D eigenvalue weighted by molar-refractivity contribution is 7.52. The van der Waals surface area contributed by atoms with Crippen molar-refractivity contribution in [3.8, 4) is 0 Å². The Kier molecular flexibility index (Phi) is 10.2. The van der Waals surface area contributed by atoms with E-state index in [-0.39, 0.29) is 28.8 Å². The molecule has 0 spiro atoms. The van der Waals surface area contributed by atoms with Crippen molar-refractivity contribution < 1.29 is 42.3 Å². The number of carbonyl (C=O) groups excluding carboxylic acids is 3. The quantitative estimate of drug-likeness (QED) is 0.192. The molecule has 3 N–H and O–H groups in total. The Labute approximate surface area is 298 Å². The summed E-state index contributed by atoms with van der Waals surface area (Å²) < 4.78 is 46.9. The van der Waals surface area contributed by atoms with Gasteiger partial charge in [-0.25, -0.2) is 0 Å². The van der Waals surface area contributed by atoms with Crippen molar-refractivity contribution in [1.29, 1.82) is 0 Å². The first-order valence-electron chi connectivity index (χ1n) is 16.7. The van der Waals surface area contributed by atoms with E-state index in [2.05, 4.69) is 5.32 Å². The normalized spacial score (nSPS) is 19.3. The Morgan fingerprint density at radius 2 is 1.67 bits per heavy atom. The first kappa shape index (κ1) is 36.8. The minimum Gasteiger partial charge on any atom is -0.372 e. The third-order valence-electron chi connectivity index (χ3n) is 9.42. The third-order valence-corrected chi connectivity index (χ3v) is 11.5. The Morgan fingerprint density at radius 1 is 0.980 bits per heavy atom. The predicted molar refractivity (Wildman–Crippen MR) is 189 cm³/mol. The molecule has 6 rings (SSSR count). The van der Waals surface area contributed by atoms with Gasteiger partial charge in [0.25, 0.3) is 5.91 Å². The molecule has 2 aliphatic rings. The van der Waals surface area contributed by atoms with Crippen molar-refractivity contribution in [3.63, 3.8) is 0 Å². The van der Waals surface area contributed by atoms with Crippen LogP contribution in [0.3, 0.4) is 0 Å². The number of ether oxygens (including phenoxy) is 1. The molecule has 270 valence electrons. The Balaban J connectivity index is 1.28. The number of nitrogens with zero attached hydrogens (tertiary/aromatic N) is 2. The number of thiophene rings is 1. The van der Waals surface area contributed by atoms with Gasteiger partial charge in [0.1, 0.15) is 18.2 Å². The molecule has 4 aromatic rings. The Morgan fingerprint density at radius 3 is 2.35 bits per heavy atom. The molecule has 0 radical (unpaired) electrons. The van der Waals surface area contributed by atoms with Crippen LogP contribution in [0.5, 0.6) is 0 Å². The van der Waals surface area contributed by atoms with Gasteiger partial charge in [0.05, 0.1) is 11.4 Å². The number of benzene rings is 3. The lowest BCUT2D eigenvalue weighted by Crippen LogP contribution is -2.61. The zero-order valence-corrected chi connectivity index (χ0v) is 30.1. The van der Waals surface area contributed by atoms with E-state index in [1.54, 1.807) is 9.80 Å². The largest absolute Gasteiger partial charge is 0.399 e. The third kappa shape index (κ3) is 7.64. The van der Waals surface area contributed by atoms with E-state index in [9.17, 15) is 37.5 Å². The highest BCUT2D eigenvalue weighted by Gasteiger charge is 2.50. The van der Waals surface area contributed by atoms with Crippen LogP contribution in [-0.2, 0) is 37.5 Å². The number of halogens is 2. The number of alkyl halides is 2. The highest BCUT2D eigenvalue weighted by atomic mass is 32.1. The fourth-order valence-corrected chi connectivity index (χ4v) is 8.03. The molecule has 1 fully saturated rings. The van der Waals surface area contributed by atoms with Gasteiger partial charge >= 0.3 is 13.3 Å². The van der Waals surface area contributed by atoms with E-state index in [4.69, 9.17) is 4.74 Å². The van der Waals surface area contributed by atoms with Crippen LogP contribution in [0.1, 0.15) is 65.2 Å². The van der Waals surface area contributed by atoms with Crippen LogP contribution >= 0.6 is 18.9 Å². The molecule has 14 heteroatoms. The van der Waals surface area contributed by atoms with Gasteiger partial charge in [-0.2, -0.15) is 8.78 Å². The van der Waals surface area contributed by atoms with Crippen LogP contribution in [0.4, 0.5) is 8.78 Å². The number of hydrogen-bond donors (Lipinski definition) is 3. The summed E-state index contributed by atoms with van der Waals surface area (Å²) in [4.78, 5) is 64.7. The minimum absolute atomic E-state index is 0.122. The highest BCUT2D eigenvalue weighted by Crippen LogP contribution is 2.59.